The highest BCUT2D eigenvalue weighted by Gasteiger charge is 2.30. The number of hydrogen-bond donors (Lipinski definition) is 3. The van der Waals surface area contributed by atoms with Crippen LogP contribution in [0.1, 0.15) is 105 Å². The van der Waals surface area contributed by atoms with Crippen LogP contribution in [0, 0.1) is 0 Å². The summed E-state index contributed by atoms with van der Waals surface area (Å²) in [5, 5.41) is 31.8. The smallest absolute Gasteiger partial charge is 0.123 e. The third kappa shape index (κ3) is 6.67. The molecule has 0 fully saturated rings. The van der Waals surface area contributed by atoms with Crippen LogP contribution in [0.5, 0.6) is 11.5 Å². The number of hydrogen-bond acceptors (Lipinski definition) is 5. The second kappa shape index (κ2) is 9.99. The van der Waals surface area contributed by atoms with Gasteiger partial charge in [0, 0.05) is 38.7 Å². The highest BCUT2D eigenvalue weighted by molar-refractivity contribution is 8.76. The minimum Gasteiger partial charge on any atom is -0.507 e. The molecule has 0 amide bonds. The second-order valence-electron chi connectivity index (χ2n) is 13.0. The van der Waals surface area contributed by atoms with Gasteiger partial charge in [-0.05, 0) is 52.3 Å². The van der Waals surface area contributed by atoms with Crippen molar-refractivity contribution in [3.63, 3.8) is 0 Å². The first kappa shape index (κ1) is 28.9. The number of aliphatic hydroxyl groups is 1. The zero-order valence-electron chi connectivity index (χ0n) is 22.9. The van der Waals surface area contributed by atoms with Crippen LogP contribution in [0.4, 0.5) is 0 Å². The molecule has 3 N–H and O–H groups in total. The fraction of sp³-hybridized carbons (Fsp3) is 0.586. The van der Waals surface area contributed by atoms with Gasteiger partial charge in [-0.15, -0.1) is 0 Å². The molecule has 190 valence electrons. The topological polar surface area (TPSA) is 60.7 Å². The van der Waals surface area contributed by atoms with Crippen molar-refractivity contribution < 1.29 is 15.3 Å². The summed E-state index contributed by atoms with van der Waals surface area (Å²) in [6.07, 6.45) is 0.577. The monoisotopic (exact) mass is 504 g/mol. The standard InChI is InChI=1S/C29H44O3S2/c1-26(2,3)20-14-18(15-21(24(20)31)27(4,5)6)33-34-19-16-22(28(7,8)9)25(32)23(17-19)29(10,11)12-13-30/h14-17,30-32H,12-13H2,1-11H3. The molecule has 2 aromatic carbocycles. The molecule has 0 atom stereocenters. The molecule has 0 bridgehead atoms. The molecule has 0 saturated carbocycles. The van der Waals surface area contributed by atoms with E-state index in [2.05, 4.69) is 100 Å². The highest BCUT2D eigenvalue weighted by Crippen LogP contribution is 2.48. The zero-order valence-corrected chi connectivity index (χ0v) is 24.5. The molecule has 0 aliphatic heterocycles. The van der Waals surface area contributed by atoms with Gasteiger partial charge in [-0.25, -0.2) is 0 Å². The first-order valence-electron chi connectivity index (χ1n) is 12.0. The van der Waals surface area contributed by atoms with E-state index in [1.807, 2.05) is 0 Å². The van der Waals surface area contributed by atoms with E-state index in [0.717, 1.165) is 32.0 Å². The maximum absolute atomic E-state index is 11.2. The quantitative estimate of drug-likeness (QED) is 0.344. The molecule has 0 spiro atoms. The van der Waals surface area contributed by atoms with Crippen molar-refractivity contribution in [1.29, 1.82) is 0 Å². The lowest BCUT2D eigenvalue weighted by Crippen LogP contribution is -2.21. The highest BCUT2D eigenvalue weighted by atomic mass is 33.1. The summed E-state index contributed by atoms with van der Waals surface area (Å²) in [5.74, 6) is 0.719. The van der Waals surface area contributed by atoms with E-state index in [9.17, 15) is 15.3 Å². The molecule has 0 heterocycles. The molecule has 5 heteroatoms. The van der Waals surface area contributed by atoms with Gasteiger partial charge in [0.25, 0.3) is 0 Å². The Morgan fingerprint density at radius 2 is 0.853 bits per heavy atom. The van der Waals surface area contributed by atoms with Crippen LogP contribution in [-0.4, -0.2) is 21.9 Å². The van der Waals surface area contributed by atoms with Crippen molar-refractivity contribution in [3.05, 3.63) is 46.5 Å². The Balaban J connectivity index is 2.57. The summed E-state index contributed by atoms with van der Waals surface area (Å²) in [4.78, 5) is 2.16. The maximum Gasteiger partial charge on any atom is 0.123 e. The van der Waals surface area contributed by atoms with Gasteiger partial charge in [-0.3, -0.25) is 0 Å². The summed E-state index contributed by atoms with van der Waals surface area (Å²) in [6.45, 7) is 23.3. The van der Waals surface area contributed by atoms with Crippen molar-refractivity contribution in [2.75, 3.05) is 6.61 Å². The van der Waals surface area contributed by atoms with Gasteiger partial charge in [0.1, 0.15) is 11.5 Å². The van der Waals surface area contributed by atoms with Gasteiger partial charge in [0.05, 0.1) is 0 Å². The van der Waals surface area contributed by atoms with Crippen LogP contribution >= 0.6 is 21.6 Å². The number of rotatable bonds is 6. The third-order valence-electron chi connectivity index (χ3n) is 6.29. The van der Waals surface area contributed by atoms with E-state index in [-0.39, 0.29) is 28.3 Å². The van der Waals surface area contributed by atoms with Crippen LogP contribution in [0.25, 0.3) is 0 Å². The summed E-state index contributed by atoms with van der Waals surface area (Å²) in [5.41, 5.74) is 2.77. The number of aromatic hydroxyl groups is 2. The Kier molecular flexibility index (Phi) is 8.50. The van der Waals surface area contributed by atoms with E-state index in [4.69, 9.17) is 0 Å². The van der Waals surface area contributed by atoms with Crippen LogP contribution < -0.4 is 0 Å². The Hall–Kier alpha value is -1.30. The van der Waals surface area contributed by atoms with E-state index < -0.39 is 0 Å². The molecule has 3 nitrogen and oxygen atoms in total. The molecule has 34 heavy (non-hydrogen) atoms. The molecular weight excluding hydrogens is 460 g/mol. The van der Waals surface area contributed by atoms with Gasteiger partial charge in [0.2, 0.25) is 0 Å². The van der Waals surface area contributed by atoms with E-state index in [1.165, 1.54) is 0 Å². The molecule has 0 radical (unpaired) electrons. The average Bonchev–Trinajstić information content (AvgIpc) is 2.64. The lowest BCUT2D eigenvalue weighted by atomic mass is 9.77. The number of benzene rings is 2. The second-order valence-corrected chi connectivity index (χ2v) is 15.3. The fourth-order valence-electron chi connectivity index (χ4n) is 4.05. The summed E-state index contributed by atoms with van der Waals surface area (Å²) >= 11 is 0. The minimum atomic E-state index is -0.350. The van der Waals surface area contributed by atoms with Crippen LogP contribution in [0.3, 0.4) is 0 Å². The maximum atomic E-state index is 11.2. The molecular formula is C29H44O3S2. The lowest BCUT2D eigenvalue weighted by Gasteiger charge is -2.30. The van der Waals surface area contributed by atoms with E-state index >= 15 is 0 Å². The van der Waals surface area contributed by atoms with Gasteiger partial charge < -0.3 is 15.3 Å². The number of phenols is 2. The Labute approximate surface area is 215 Å². The molecule has 0 aliphatic carbocycles. The number of phenolic OH excluding ortho intramolecular Hbond substituents is 2. The molecule has 0 aromatic heterocycles. The van der Waals surface area contributed by atoms with Gasteiger partial charge >= 0.3 is 0 Å². The van der Waals surface area contributed by atoms with Crippen molar-refractivity contribution >= 4 is 21.6 Å². The average molecular weight is 505 g/mol. The van der Waals surface area contributed by atoms with E-state index in [0.29, 0.717) is 17.9 Å². The van der Waals surface area contributed by atoms with Crippen molar-refractivity contribution in [3.8, 4) is 11.5 Å². The normalized spacial score (nSPS) is 13.4. The fourth-order valence-corrected chi connectivity index (χ4v) is 6.06. The summed E-state index contributed by atoms with van der Waals surface area (Å²) in [7, 11) is 3.34. The van der Waals surface area contributed by atoms with Crippen molar-refractivity contribution in [2.45, 2.75) is 114 Å². The van der Waals surface area contributed by atoms with Crippen LogP contribution in [0.15, 0.2) is 34.1 Å². The first-order valence-corrected chi connectivity index (χ1v) is 14.2. The Morgan fingerprint density at radius 3 is 1.15 bits per heavy atom. The zero-order chi connectivity index (χ0) is 26.3. The Bertz CT molecular complexity index is 984. The molecule has 2 aromatic rings. The van der Waals surface area contributed by atoms with Crippen molar-refractivity contribution in [2.24, 2.45) is 0 Å². The Morgan fingerprint density at radius 1 is 0.559 bits per heavy atom. The summed E-state index contributed by atoms with van der Waals surface area (Å²) in [6, 6.07) is 8.35. The van der Waals surface area contributed by atoms with Crippen LogP contribution in [-0.2, 0) is 21.7 Å². The minimum absolute atomic E-state index is 0.0715. The first-order chi connectivity index (χ1) is 15.3. The summed E-state index contributed by atoms with van der Waals surface area (Å²) < 4.78 is 0. The van der Waals surface area contributed by atoms with E-state index in [1.54, 1.807) is 21.6 Å². The van der Waals surface area contributed by atoms with Gasteiger partial charge in [0.15, 0.2) is 0 Å². The SMILES string of the molecule is CC(C)(C)c1cc(SSc2cc(C(C)(C)C)c(O)c(C(C)(C)CCO)c2)cc(C(C)(C)C)c1O. The molecule has 0 saturated heterocycles. The molecule has 0 aliphatic rings. The third-order valence-corrected chi connectivity index (χ3v) is 8.64. The van der Waals surface area contributed by atoms with Gasteiger partial charge in [-0.2, -0.15) is 0 Å². The van der Waals surface area contributed by atoms with Crippen molar-refractivity contribution in [1.82, 2.24) is 0 Å². The predicted molar refractivity (Wildman–Crippen MR) is 149 cm³/mol. The number of aliphatic hydroxyl groups excluding tert-OH is 1. The predicted octanol–water partition coefficient (Wildman–Crippen LogP) is 8.45. The molecule has 0 unspecified atom stereocenters. The molecule has 2 rings (SSSR count). The lowest BCUT2D eigenvalue weighted by molar-refractivity contribution is 0.249. The van der Waals surface area contributed by atoms with Crippen LogP contribution in [0.2, 0.25) is 0 Å². The van der Waals surface area contributed by atoms with Gasteiger partial charge in [-0.1, -0.05) is 97.7 Å². The largest absolute Gasteiger partial charge is 0.507 e.